The summed E-state index contributed by atoms with van der Waals surface area (Å²) in [7, 11) is 1.91. The second-order valence-corrected chi connectivity index (χ2v) is 7.66. The minimum absolute atomic E-state index is 0. The molecule has 0 radical (unpaired) electrons. The summed E-state index contributed by atoms with van der Waals surface area (Å²) >= 11 is 0. The largest absolute Gasteiger partial charge is 0.364 e. The quantitative estimate of drug-likeness (QED) is 0.318. The molecule has 26 heavy (non-hydrogen) atoms. The Bertz CT molecular complexity index is 635. The molecule has 1 N–H and O–H groups in total. The van der Waals surface area contributed by atoms with E-state index < -0.39 is 0 Å². The number of hydrogen-bond acceptors (Lipinski definition) is 2. The van der Waals surface area contributed by atoms with E-state index in [1.165, 1.54) is 50.0 Å². The minimum Gasteiger partial charge on any atom is -0.364 e. The second kappa shape index (κ2) is 9.11. The van der Waals surface area contributed by atoms with E-state index in [-0.39, 0.29) is 24.0 Å². The minimum atomic E-state index is 0. The predicted octanol–water partition coefficient (Wildman–Crippen LogP) is 3.88. The number of hydrogen-bond donors (Lipinski definition) is 1. The van der Waals surface area contributed by atoms with Crippen molar-refractivity contribution >= 4 is 35.6 Å². The van der Waals surface area contributed by atoms with Crippen LogP contribution in [0.3, 0.4) is 0 Å². The third-order valence-corrected chi connectivity index (χ3v) is 6.03. The van der Waals surface area contributed by atoms with Crippen LogP contribution in [0.4, 0.5) is 5.69 Å². The first kappa shape index (κ1) is 19.5. The fraction of sp³-hybridized carbons (Fsp3) is 0.571. The highest BCUT2D eigenvalue weighted by Gasteiger charge is 2.35. The average Bonchev–Trinajstić information content (AvgIpc) is 3.32. The van der Waals surface area contributed by atoms with Crippen molar-refractivity contribution in [1.82, 2.24) is 10.2 Å². The molecule has 3 aliphatic rings. The number of benzene rings is 1. The topological polar surface area (TPSA) is 30.9 Å². The van der Waals surface area contributed by atoms with Gasteiger partial charge in [-0.1, -0.05) is 37.1 Å². The summed E-state index contributed by atoms with van der Waals surface area (Å²) in [6.45, 7) is 5.26. The van der Waals surface area contributed by atoms with Crippen molar-refractivity contribution in [2.45, 2.75) is 32.2 Å². The Balaban J connectivity index is 0.00000196. The first-order valence-corrected chi connectivity index (χ1v) is 9.78. The van der Waals surface area contributed by atoms with Gasteiger partial charge in [0.1, 0.15) is 0 Å². The maximum Gasteiger partial charge on any atom is 0.193 e. The highest BCUT2D eigenvalue weighted by molar-refractivity contribution is 14.0. The van der Waals surface area contributed by atoms with E-state index in [1.807, 2.05) is 7.05 Å². The number of rotatable bonds is 3. The zero-order chi connectivity index (χ0) is 17.1. The fourth-order valence-corrected chi connectivity index (χ4v) is 4.64. The van der Waals surface area contributed by atoms with Gasteiger partial charge in [-0.25, -0.2) is 0 Å². The van der Waals surface area contributed by atoms with E-state index in [1.54, 1.807) is 0 Å². The molecule has 1 saturated heterocycles. The number of halogens is 1. The lowest BCUT2D eigenvalue weighted by atomic mass is 9.82. The smallest absolute Gasteiger partial charge is 0.193 e. The third kappa shape index (κ3) is 4.35. The predicted molar refractivity (Wildman–Crippen MR) is 120 cm³/mol. The van der Waals surface area contributed by atoms with Crippen LogP contribution in [0.1, 0.15) is 31.2 Å². The molecular weight excluding hydrogens is 435 g/mol. The Morgan fingerprint density at radius 1 is 1.12 bits per heavy atom. The molecule has 1 aromatic carbocycles. The molecule has 1 aliphatic carbocycles. The van der Waals surface area contributed by atoms with Crippen LogP contribution in [-0.4, -0.2) is 44.1 Å². The van der Waals surface area contributed by atoms with Gasteiger partial charge in [0.25, 0.3) is 0 Å². The number of fused-ring (bicyclic) bond motifs is 1. The third-order valence-electron chi connectivity index (χ3n) is 6.03. The van der Waals surface area contributed by atoms with Crippen molar-refractivity contribution in [3.05, 3.63) is 42.0 Å². The Labute approximate surface area is 174 Å². The van der Waals surface area contributed by atoms with Crippen LogP contribution in [0.5, 0.6) is 0 Å². The molecule has 2 heterocycles. The lowest BCUT2D eigenvalue weighted by Gasteiger charge is -2.22. The van der Waals surface area contributed by atoms with E-state index >= 15 is 0 Å². The summed E-state index contributed by atoms with van der Waals surface area (Å²) in [5, 5.41) is 3.60. The van der Waals surface area contributed by atoms with Crippen LogP contribution in [0, 0.1) is 11.8 Å². The lowest BCUT2D eigenvalue weighted by molar-refractivity contribution is 0.299. The van der Waals surface area contributed by atoms with Crippen molar-refractivity contribution < 1.29 is 0 Å². The van der Waals surface area contributed by atoms with E-state index in [0.717, 1.165) is 37.4 Å². The Kier molecular flexibility index (Phi) is 6.84. The fourth-order valence-electron chi connectivity index (χ4n) is 4.64. The van der Waals surface area contributed by atoms with Crippen molar-refractivity contribution in [2.75, 3.05) is 38.1 Å². The van der Waals surface area contributed by atoms with Crippen molar-refractivity contribution in [1.29, 1.82) is 0 Å². The molecule has 2 fully saturated rings. The molecule has 0 bridgehead atoms. The van der Waals surface area contributed by atoms with E-state index in [9.17, 15) is 0 Å². The van der Waals surface area contributed by atoms with Crippen LogP contribution in [0.15, 0.2) is 41.4 Å². The van der Waals surface area contributed by atoms with Gasteiger partial charge in [0, 0.05) is 45.5 Å². The van der Waals surface area contributed by atoms with Crippen molar-refractivity contribution in [3.63, 3.8) is 0 Å². The number of anilines is 1. The summed E-state index contributed by atoms with van der Waals surface area (Å²) in [5.74, 6) is 2.85. The number of likely N-dealkylation sites (tertiary alicyclic amines) is 1. The van der Waals surface area contributed by atoms with Crippen LogP contribution in [0.2, 0.25) is 0 Å². The van der Waals surface area contributed by atoms with Crippen LogP contribution in [0.25, 0.3) is 0 Å². The summed E-state index contributed by atoms with van der Waals surface area (Å²) in [4.78, 5) is 9.43. The Morgan fingerprint density at radius 3 is 2.46 bits per heavy atom. The van der Waals surface area contributed by atoms with Gasteiger partial charge in [0.2, 0.25) is 0 Å². The number of nitrogens with zero attached hydrogens (tertiary/aromatic N) is 3. The Hall–Kier alpha value is -1.24. The highest BCUT2D eigenvalue weighted by atomic mass is 127. The Morgan fingerprint density at radius 2 is 1.81 bits per heavy atom. The number of nitrogens with one attached hydrogen (secondary N) is 1. The molecule has 1 aromatic rings. The molecule has 2 unspecified atom stereocenters. The zero-order valence-corrected chi connectivity index (χ0v) is 18.1. The highest BCUT2D eigenvalue weighted by Crippen LogP contribution is 2.35. The molecule has 2 aliphatic heterocycles. The summed E-state index contributed by atoms with van der Waals surface area (Å²) in [6, 6.07) is 8.88. The van der Waals surface area contributed by atoms with Gasteiger partial charge in [-0.2, -0.15) is 0 Å². The van der Waals surface area contributed by atoms with Gasteiger partial charge in [-0.15, -0.1) is 24.0 Å². The SMILES string of the molecule is CN=C(NCc1cccc(N2CC=CC2)c1)N1CC2CCCCC2C1.I. The molecule has 1 saturated carbocycles. The van der Waals surface area contributed by atoms with Crippen molar-refractivity contribution in [2.24, 2.45) is 16.8 Å². The lowest BCUT2D eigenvalue weighted by Crippen LogP contribution is -2.39. The molecule has 5 heteroatoms. The molecule has 0 aromatic heterocycles. The number of guanidine groups is 1. The molecule has 4 rings (SSSR count). The normalized spacial score (nSPS) is 25.2. The number of aliphatic imine (C=N–C) groups is 1. The summed E-state index contributed by atoms with van der Waals surface area (Å²) in [6.07, 6.45) is 10.1. The van der Waals surface area contributed by atoms with Crippen LogP contribution >= 0.6 is 24.0 Å². The van der Waals surface area contributed by atoms with E-state index in [2.05, 4.69) is 56.5 Å². The van der Waals surface area contributed by atoms with Crippen LogP contribution in [-0.2, 0) is 6.54 Å². The first-order valence-electron chi connectivity index (χ1n) is 9.78. The van der Waals surface area contributed by atoms with Crippen molar-refractivity contribution in [3.8, 4) is 0 Å². The van der Waals surface area contributed by atoms with E-state index in [0.29, 0.717) is 0 Å². The summed E-state index contributed by atoms with van der Waals surface area (Å²) < 4.78 is 0. The van der Waals surface area contributed by atoms with Gasteiger partial charge in [0.15, 0.2) is 5.96 Å². The summed E-state index contributed by atoms with van der Waals surface area (Å²) in [5.41, 5.74) is 2.63. The van der Waals surface area contributed by atoms with Gasteiger partial charge in [-0.3, -0.25) is 4.99 Å². The maximum absolute atomic E-state index is 4.55. The standard InChI is InChI=1S/C21H30N4.HI/c1-22-21(25-15-18-8-2-3-9-19(18)16-25)23-14-17-7-6-10-20(13-17)24-11-4-5-12-24;/h4-7,10,13,18-19H,2-3,8-9,11-12,14-16H2,1H3,(H,22,23);1H. The van der Waals surface area contributed by atoms with Crippen LogP contribution < -0.4 is 10.2 Å². The van der Waals surface area contributed by atoms with Gasteiger partial charge < -0.3 is 15.1 Å². The molecule has 0 amide bonds. The van der Waals surface area contributed by atoms with Gasteiger partial charge in [0.05, 0.1) is 0 Å². The first-order chi connectivity index (χ1) is 12.3. The maximum atomic E-state index is 4.55. The monoisotopic (exact) mass is 466 g/mol. The molecule has 142 valence electrons. The average molecular weight is 466 g/mol. The second-order valence-electron chi connectivity index (χ2n) is 7.66. The molecule has 4 nitrogen and oxygen atoms in total. The van der Waals surface area contributed by atoms with Gasteiger partial charge >= 0.3 is 0 Å². The molecule has 0 spiro atoms. The molecular formula is C21H31IN4. The molecule has 2 atom stereocenters. The van der Waals surface area contributed by atoms with Gasteiger partial charge in [-0.05, 0) is 42.4 Å². The van der Waals surface area contributed by atoms with E-state index in [4.69, 9.17) is 0 Å². The zero-order valence-electron chi connectivity index (χ0n) is 15.7.